The van der Waals surface area contributed by atoms with E-state index < -0.39 is 5.91 Å². The van der Waals surface area contributed by atoms with Crippen molar-refractivity contribution in [3.8, 4) is 6.07 Å². The molecular formula is C16H21N3OS. The number of carbonyl (C=O) groups is 1. The van der Waals surface area contributed by atoms with Crippen LogP contribution in [0, 0.1) is 22.7 Å². The zero-order valence-corrected chi connectivity index (χ0v) is 13.0. The smallest absolute Gasteiger partial charge is 0.251 e. The van der Waals surface area contributed by atoms with Gasteiger partial charge in [0.1, 0.15) is 0 Å². The number of carbonyl (C=O) groups excluding carboxylic acids is 1. The van der Waals surface area contributed by atoms with Crippen LogP contribution in [0.4, 0.5) is 5.00 Å². The van der Waals surface area contributed by atoms with Crippen molar-refractivity contribution in [1.29, 1.82) is 5.26 Å². The summed E-state index contributed by atoms with van der Waals surface area (Å²) in [7, 11) is 0. The minimum atomic E-state index is -0.440. The molecule has 1 heterocycles. The van der Waals surface area contributed by atoms with Crippen molar-refractivity contribution in [2.24, 2.45) is 17.1 Å². The molecule has 1 aromatic heterocycles. The lowest BCUT2D eigenvalue weighted by atomic mass is 9.69. The first-order valence-corrected chi connectivity index (χ1v) is 8.47. The first-order valence-electron chi connectivity index (χ1n) is 7.66. The molecule has 3 rings (SSSR count). The average Bonchev–Trinajstić information content (AvgIpc) is 3.04. The Morgan fingerprint density at radius 1 is 1.43 bits per heavy atom. The number of hydrogen-bond donors (Lipinski definition) is 2. The average molecular weight is 303 g/mol. The van der Waals surface area contributed by atoms with E-state index in [-0.39, 0.29) is 5.41 Å². The van der Waals surface area contributed by atoms with E-state index in [0.29, 0.717) is 16.5 Å². The van der Waals surface area contributed by atoms with Crippen molar-refractivity contribution in [2.75, 3.05) is 5.73 Å². The predicted molar refractivity (Wildman–Crippen MR) is 83.9 cm³/mol. The molecule has 21 heavy (non-hydrogen) atoms. The lowest BCUT2D eigenvalue weighted by Crippen LogP contribution is -2.29. The summed E-state index contributed by atoms with van der Waals surface area (Å²) in [6.45, 7) is 0. The Morgan fingerprint density at radius 2 is 2.14 bits per heavy atom. The summed E-state index contributed by atoms with van der Waals surface area (Å²) in [6, 6.07) is 2.59. The number of nitriles is 1. The van der Waals surface area contributed by atoms with E-state index in [4.69, 9.17) is 11.5 Å². The summed E-state index contributed by atoms with van der Waals surface area (Å²) in [6.07, 6.45) is 8.42. The van der Waals surface area contributed by atoms with E-state index in [1.165, 1.54) is 37.0 Å². The van der Waals surface area contributed by atoms with Gasteiger partial charge < -0.3 is 11.5 Å². The van der Waals surface area contributed by atoms with Gasteiger partial charge in [0, 0.05) is 11.3 Å². The van der Waals surface area contributed by atoms with Crippen LogP contribution in [0.15, 0.2) is 0 Å². The first kappa shape index (κ1) is 14.4. The third-order valence-corrected chi connectivity index (χ3v) is 6.17. The molecule has 1 amide bonds. The molecule has 2 aliphatic carbocycles. The summed E-state index contributed by atoms with van der Waals surface area (Å²) < 4.78 is 0. The molecule has 2 aliphatic rings. The Hall–Kier alpha value is -1.54. The van der Waals surface area contributed by atoms with Crippen molar-refractivity contribution >= 4 is 22.2 Å². The molecule has 1 unspecified atom stereocenters. The van der Waals surface area contributed by atoms with E-state index >= 15 is 0 Å². The molecule has 1 aromatic rings. The van der Waals surface area contributed by atoms with E-state index in [2.05, 4.69) is 6.07 Å². The minimum Gasteiger partial charge on any atom is -0.390 e. The minimum absolute atomic E-state index is 0.270. The van der Waals surface area contributed by atoms with Crippen LogP contribution in [0.5, 0.6) is 0 Å². The number of nitrogen functional groups attached to an aromatic ring is 1. The van der Waals surface area contributed by atoms with Gasteiger partial charge in [-0.15, -0.1) is 11.3 Å². The highest BCUT2D eigenvalue weighted by Gasteiger charge is 2.40. The molecule has 4 nitrogen and oxygen atoms in total. The molecule has 0 spiro atoms. The van der Waals surface area contributed by atoms with Gasteiger partial charge in [-0.25, -0.2) is 0 Å². The van der Waals surface area contributed by atoms with Crippen molar-refractivity contribution in [1.82, 2.24) is 0 Å². The van der Waals surface area contributed by atoms with E-state index in [0.717, 1.165) is 36.1 Å². The lowest BCUT2D eigenvalue weighted by Gasteiger charge is -2.33. The van der Waals surface area contributed by atoms with Gasteiger partial charge in [-0.05, 0) is 30.7 Å². The fourth-order valence-corrected chi connectivity index (χ4v) is 5.32. The van der Waals surface area contributed by atoms with Crippen molar-refractivity contribution in [3.63, 3.8) is 0 Å². The van der Waals surface area contributed by atoms with Crippen LogP contribution >= 0.6 is 11.3 Å². The highest BCUT2D eigenvalue weighted by atomic mass is 32.1. The highest BCUT2D eigenvalue weighted by molar-refractivity contribution is 7.16. The van der Waals surface area contributed by atoms with Crippen LogP contribution in [-0.4, -0.2) is 5.91 Å². The predicted octanol–water partition coefficient (Wildman–Crippen LogP) is 3.01. The van der Waals surface area contributed by atoms with Crippen LogP contribution in [0.25, 0.3) is 0 Å². The monoisotopic (exact) mass is 303 g/mol. The lowest BCUT2D eigenvalue weighted by molar-refractivity contribution is 0.1000. The van der Waals surface area contributed by atoms with Crippen LogP contribution in [0.1, 0.15) is 59.3 Å². The molecular weight excluding hydrogens is 282 g/mol. The van der Waals surface area contributed by atoms with Gasteiger partial charge in [-0.1, -0.05) is 25.7 Å². The maximum Gasteiger partial charge on any atom is 0.251 e. The van der Waals surface area contributed by atoms with E-state index in [9.17, 15) is 10.1 Å². The summed E-state index contributed by atoms with van der Waals surface area (Å²) in [5.74, 6) is 0.254. The van der Waals surface area contributed by atoms with E-state index in [1.807, 2.05) is 0 Å². The summed E-state index contributed by atoms with van der Waals surface area (Å²) >= 11 is 1.45. The largest absolute Gasteiger partial charge is 0.390 e. The zero-order valence-electron chi connectivity index (χ0n) is 12.2. The Kier molecular flexibility index (Phi) is 3.66. The molecule has 4 N–H and O–H groups in total. The number of thiophene rings is 1. The normalized spacial score (nSPS) is 25.5. The molecule has 0 bridgehead atoms. The Morgan fingerprint density at radius 3 is 2.76 bits per heavy atom. The number of amides is 1. The van der Waals surface area contributed by atoms with E-state index in [1.54, 1.807) is 0 Å². The second-order valence-corrected chi connectivity index (χ2v) is 7.67. The molecule has 0 aliphatic heterocycles. The second kappa shape index (κ2) is 5.34. The topological polar surface area (TPSA) is 92.9 Å². The number of primary amides is 1. The quantitative estimate of drug-likeness (QED) is 0.898. The van der Waals surface area contributed by atoms with Gasteiger partial charge in [-0.3, -0.25) is 4.79 Å². The summed E-state index contributed by atoms with van der Waals surface area (Å²) in [5.41, 5.74) is 12.6. The molecule has 5 heteroatoms. The van der Waals surface area contributed by atoms with Crippen LogP contribution in [0.2, 0.25) is 0 Å². The molecule has 1 atom stereocenters. The van der Waals surface area contributed by atoms with Crippen LogP contribution in [-0.2, 0) is 12.8 Å². The van der Waals surface area contributed by atoms with Gasteiger partial charge in [0.2, 0.25) is 0 Å². The van der Waals surface area contributed by atoms with Crippen molar-refractivity contribution < 1.29 is 4.79 Å². The summed E-state index contributed by atoms with van der Waals surface area (Å²) in [5, 5.41) is 10.3. The Labute approximate surface area is 129 Å². The van der Waals surface area contributed by atoms with Gasteiger partial charge >= 0.3 is 0 Å². The number of rotatable bonds is 3. The SMILES string of the molecule is N#CC1(CC2CCCC2)CCc2c(sc(N)c2C(N)=O)C1. The van der Waals surface area contributed by atoms with Gasteiger partial charge in [0.25, 0.3) is 5.91 Å². The van der Waals surface area contributed by atoms with Gasteiger partial charge in [-0.2, -0.15) is 5.26 Å². The Bertz CT molecular complexity index is 610. The number of fused-ring (bicyclic) bond motifs is 1. The fourth-order valence-electron chi connectivity index (χ4n) is 4.05. The molecule has 1 fully saturated rings. The van der Waals surface area contributed by atoms with Crippen molar-refractivity contribution in [3.05, 3.63) is 16.0 Å². The maximum absolute atomic E-state index is 11.5. The number of anilines is 1. The third-order valence-electron chi connectivity index (χ3n) is 5.11. The molecule has 0 aromatic carbocycles. The maximum atomic E-state index is 11.5. The summed E-state index contributed by atoms with van der Waals surface area (Å²) in [4.78, 5) is 12.7. The number of nitrogens with zero attached hydrogens (tertiary/aromatic N) is 1. The molecule has 1 saturated carbocycles. The molecule has 0 radical (unpaired) electrons. The second-order valence-electron chi connectivity index (χ2n) is 6.53. The third kappa shape index (κ3) is 2.53. The van der Waals surface area contributed by atoms with Gasteiger partial charge in [0.05, 0.1) is 22.0 Å². The van der Waals surface area contributed by atoms with Gasteiger partial charge in [0.15, 0.2) is 0 Å². The zero-order chi connectivity index (χ0) is 15.0. The van der Waals surface area contributed by atoms with Crippen molar-refractivity contribution in [2.45, 2.75) is 51.4 Å². The first-order chi connectivity index (χ1) is 10.0. The number of hydrogen-bond acceptors (Lipinski definition) is 4. The standard InChI is InChI=1S/C16H21N3OS/c17-9-16(7-10-3-1-2-4-10)6-5-11-12(8-16)21-15(19)13(11)14(18)20/h10H,1-8,19H2,(H2,18,20). The fraction of sp³-hybridized carbons (Fsp3) is 0.625. The molecule has 0 saturated heterocycles. The molecule has 112 valence electrons. The van der Waals surface area contributed by atoms with Crippen LogP contribution in [0.3, 0.4) is 0 Å². The number of nitrogens with two attached hydrogens (primary N) is 2. The van der Waals surface area contributed by atoms with Crippen LogP contribution < -0.4 is 11.5 Å². The Balaban J connectivity index is 1.87. The highest BCUT2D eigenvalue weighted by Crippen LogP contribution is 2.47.